The molecule has 0 radical (unpaired) electrons. The number of nitrogens with zero attached hydrogens (tertiary/aromatic N) is 2. The minimum Gasteiger partial charge on any atom is -0.378 e. The lowest BCUT2D eigenvalue weighted by atomic mass is 9.60. The van der Waals surface area contributed by atoms with Crippen LogP contribution in [0.3, 0.4) is 0 Å². The first-order chi connectivity index (χ1) is 12.2. The number of rotatable bonds is 6. The Bertz CT molecular complexity index is 595. The van der Waals surface area contributed by atoms with Gasteiger partial charge in [-0.25, -0.2) is 4.99 Å². The fourth-order valence-corrected chi connectivity index (χ4v) is 4.41. The van der Waals surface area contributed by atoms with Crippen LogP contribution in [0.15, 0.2) is 23.3 Å². The Balaban J connectivity index is 1.67. The Morgan fingerprint density at radius 1 is 1.36 bits per heavy atom. The van der Waals surface area contributed by atoms with Gasteiger partial charge in [-0.3, -0.25) is 4.98 Å². The number of hydrogen-bond acceptors (Lipinski definition) is 3. The van der Waals surface area contributed by atoms with E-state index in [9.17, 15) is 0 Å². The first-order valence-electron chi connectivity index (χ1n) is 9.76. The molecule has 3 rings (SSSR count). The standard InChI is InChI=1S/C20H32N4O/c1-4-21-19(23-14-16-15(3)9-8-12-22-16)24-17-13-18(25-5-2)20(17)10-6-7-11-20/h8-9,12,17-18H,4-7,10-11,13-14H2,1-3H3,(H2,21,23,24). The fourth-order valence-electron chi connectivity index (χ4n) is 4.41. The summed E-state index contributed by atoms with van der Waals surface area (Å²) < 4.78 is 6.02. The average Bonchev–Trinajstić information content (AvgIpc) is 3.13. The van der Waals surface area contributed by atoms with Gasteiger partial charge in [0.15, 0.2) is 5.96 Å². The number of nitrogens with one attached hydrogen (secondary N) is 2. The molecule has 0 aliphatic heterocycles. The van der Waals surface area contributed by atoms with Crippen LogP contribution in [0.5, 0.6) is 0 Å². The fraction of sp³-hybridized carbons (Fsp3) is 0.700. The van der Waals surface area contributed by atoms with Crippen molar-refractivity contribution in [2.24, 2.45) is 10.4 Å². The third kappa shape index (κ3) is 3.81. The van der Waals surface area contributed by atoms with E-state index in [4.69, 9.17) is 9.73 Å². The molecule has 25 heavy (non-hydrogen) atoms. The molecule has 5 heteroatoms. The lowest BCUT2D eigenvalue weighted by Gasteiger charge is -2.54. The number of guanidine groups is 1. The van der Waals surface area contributed by atoms with Crippen LogP contribution in [-0.2, 0) is 11.3 Å². The van der Waals surface area contributed by atoms with Gasteiger partial charge in [0.25, 0.3) is 0 Å². The summed E-state index contributed by atoms with van der Waals surface area (Å²) in [6.07, 6.45) is 8.52. The molecular formula is C20H32N4O. The van der Waals surface area contributed by atoms with E-state index in [0.29, 0.717) is 24.1 Å². The highest BCUT2D eigenvalue weighted by molar-refractivity contribution is 5.80. The average molecular weight is 345 g/mol. The van der Waals surface area contributed by atoms with Crippen molar-refractivity contribution in [3.8, 4) is 0 Å². The van der Waals surface area contributed by atoms with Crippen LogP contribution in [0.4, 0.5) is 0 Å². The SMILES string of the molecule is CCNC(=NCc1ncccc1C)NC1CC(OCC)C12CCCC2. The second kappa shape index (κ2) is 8.17. The second-order valence-electron chi connectivity index (χ2n) is 7.28. The normalized spacial score (nSPS) is 25.0. The quantitative estimate of drug-likeness (QED) is 0.615. The molecule has 1 aromatic heterocycles. The summed E-state index contributed by atoms with van der Waals surface area (Å²) in [7, 11) is 0. The predicted octanol–water partition coefficient (Wildman–Crippen LogP) is 3.18. The molecule has 1 heterocycles. The molecule has 2 N–H and O–H groups in total. The zero-order valence-electron chi connectivity index (χ0n) is 15.8. The molecular weight excluding hydrogens is 312 g/mol. The van der Waals surface area contributed by atoms with Crippen molar-refractivity contribution in [2.75, 3.05) is 13.2 Å². The molecule has 2 saturated carbocycles. The molecule has 2 aliphatic carbocycles. The van der Waals surface area contributed by atoms with Gasteiger partial charge in [-0.15, -0.1) is 0 Å². The summed E-state index contributed by atoms with van der Waals surface area (Å²) in [5.41, 5.74) is 2.54. The Kier molecular flexibility index (Phi) is 5.94. The third-order valence-electron chi connectivity index (χ3n) is 5.85. The summed E-state index contributed by atoms with van der Waals surface area (Å²) in [5, 5.41) is 7.09. The van der Waals surface area contributed by atoms with Gasteiger partial charge in [-0.05, 0) is 51.7 Å². The predicted molar refractivity (Wildman–Crippen MR) is 102 cm³/mol. The maximum Gasteiger partial charge on any atom is 0.191 e. The maximum atomic E-state index is 6.02. The van der Waals surface area contributed by atoms with E-state index in [-0.39, 0.29) is 0 Å². The van der Waals surface area contributed by atoms with E-state index >= 15 is 0 Å². The summed E-state index contributed by atoms with van der Waals surface area (Å²) in [4.78, 5) is 9.23. The zero-order valence-corrected chi connectivity index (χ0v) is 15.8. The third-order valence-corrected chi connectivity index (χ3v) is 5.85. The van der Waals surface area contributed by atoms with E-state index in [1.54, 1.807) is 0 Å². The molecule has 2 aliphatic rings. The number of hydrogen-bond donors (Lipinski definition) is 2. The molecule has 1 spiro atoms. The zero-order chi connectivity index (χ0) is 17.7. The Morgan fingerprint density at radius 3 is 2.84 bits per heavy atom. The lowest BCUT2D eigenvalue weighted by molar-refractivity contribution is -0.125. The molecule has 2 fully saturated rings. The van der Waals surface area contributed by atoms with Crippen LogP contribution in [0.2, 0.25) is 0 Å². The Labute approximate surface area is 151 Å². The molecule has 0 amide bonds. The molecule has 0 aromatic carbocycles. The van der Waals surface area contributed by atoms with Crippen molar-refractivity contribution in [1.82, 2.24) is 15.6 Å². The summed E-state index contributed by atoms with van der Waals surface area (Å²) >= 11 is 0. The smallest absolute Gasteiger partial charge is 0.191 e. The van der Waals surface area contributed by atoms with Gasteiger partial charge < -0.3 is 15.4 Å². The monoisotopic (exact) mass is 344 g/mol. The molecule has 2 atom stereocenters. The van der Waals surface area contributed by atoms with E-state index in [1.807, 2.05) is 12.3 Å². The molecule has 0 saturated heterocycles. The van der Waals surface area contributed by atoms with Gasteiger partial charge in [0.2, 0.25) is 0 Å². The number of ether oxygens (including phenoxy) is 1. The van der Waals surface area contributed by atoms with Crippen molar-refractivity contribution in [3.05, 3.63) is 29.6 Å². The highest BCUT2D eigenvalue weighted by Crippen LogP contribution is 2.54. The number of pyridine rings is 1. The first kappa shape index (κ1) is 18.2. The van der Waals surface area contributed by atoms with Gasteiger partial charge in [-0.2, -0.15) is 0 Å². The Hall–Kier alpha value is -1.62. The van der Waals surface area contributed by atoms with Gasteiger partial charge in [-0.1, -0.05) is 18.9 Å². The van der Waals surface area contributed by atoms with Gasteiger partial charge >= 0.3 is 0 Å². The van der Waals surface area contributed by atoms with Gasteiger partial charge in [0.1, 0.15) is 0 Å². The largest absolute Gasteiger partial charge is 0.378 e. The van der Waals surface area contributed by atoms with Crippen LogP contribution >= 0.6 is 0 Å². The minimum absolute atomic E-state index is 0.313. The van der Waals surface area contributed by atoms with Crippen molar-refractivity contribution in [2.45, 2.75) is 71.6 Å². The van der Waals surface area contributed by atoms with E-state index in [0.717, 1.165) is 31.2 Å². The number of aromatic nitrogens is 1. The first-order valence-corrected chi connectivity index (χ1v) is 9.76. The summed E-state index contributed by atoms with van der Waals surface area (Å²) in [5.74, 6) is 0.902. The Morgan fingerprint density at radius 2 is 2.16 bits per heavy atom. The van der Waals surface area contributed by atoms with Crippen molar-refractivity contribution in [3.63, 3.8) is 0 Å². The van der Waals surface area contributed by atoms with E-state index in [2.05, 4.69) is 42.5 Å². The van der Waals surface area contributed by atoms with Crippen LogP contribution in [0.25, 0.3) is 0 Å². The van der Waals surface area contributed by atoms with Crippen LogP contribution in [0, 0.1) is 12.3 Å². The maximum absolute atomic E-state index is 6.02. The minimum atomic E-state index is 0.313. The van der Waals surface area contributed by atoms with Gasteiger partial charge in [0, 0.05) is 30.8 Å². The second-order valence-corrected chi connectivity index (χ2v) is 7.28. The number of aliphatic imine (C=N–C) groups is 1. The van der Waals surface area contributed by atoms with Crippen molar-refractivity contribution in [1.29, 1.82) is 0 Å². The summed E-state index contributed by atoms with van der Waals surface area (Å²) in [6, 6.07) is 4.52. The molecule has 138 valence electrons. The van der Waals surface area contributed by atoms with Crippen molar-refractivity contribution < 1.29 is 4.74 Å². The van der Waals surface area contributed by atoms with E-state index < -0.39 is 0 Å². The highest BCUT2D eigenvalue weighted by atomic mass is 16.5. The summed E-state index contributed by atoms with van der Waals surface area (Å²) in [6.45, 7) is 8.58. The van der Waals surface area contributed by atoms with Crippen LogP contribution < -0.4 is 10.6 Å². The van der Waals surface area contributed by atoms with Crippen molar-refractivity contribution >= 4 is 5.96 Å². The van der Waals surface area contributed by atoms with Crippen LogP contribution in [0.1, 0.15) is 57.2 Å². The van der Waals surface area contributed by atoms with Crippen LogP contribution in [-0.4, -0.2) is 36.2 Å². The molecule has 2 unspecified atom stereocenters. The molecule has 5 nitrogen and oxygen atoms in total. The topological polar surface area (TPSA) is 58.5 Å². The van der Waals surface area contributed by atoms with E-state index in [1.165, 1.54) is 31.2 Å². The lowest BCUT2D eigenvalue weighted by Crippen LogP contribution is -2.65. The highest BCUT2D eigenvalue weighted by Gasteiger charge is 2.56. The molecule has 1 aromatic rings. The number of aryl methyl sites for hydroxylation is 1. The van der Waals surface area contributed by atoms with Gasteiger partial charge in [0.05, 0.1) is 18.3 Å². The molecule has 0 bridgehead atoms.